The molecule has 1 heterocycles. The molecule has 170 valence electrons. The Bertz CT molecular complexity index is 1270. The fourth-order valence-corrected chi connectivity index (χ4v) is 4.80. The van der Waals surface area contributed by atoms with Gasteiger partial charge in [0.2, 0.25) is 5.91 Å². The highest BCUT2D eigenvalue weighted by Crippen LogP contribution is 2.30. The first-order chi connectivity index (χ1) is 15.2. The van der Waals surface area contributed by atoms with Crippen molar-refractivity contribution in [3.05, 3.63) is 69.0 Å². The van der Waals surface area contributed by atoms with E-state index in [0.717, 1.165) is 41.3 Å². The lowest BCUT2D eigenvalue weighted by Crippen LogP contribution is -2.17. The van der Waals surface area contributed by atoms with E-state index in [0.29, 0.717) is 18.7 Å². The Morgan fingerprint density at radius 3 is 2.53 bits per heavy atom. The number of benzene rings is 2. The summed E-state index contributed by atoms with van der Waals surface area (Å²) in [6, 6.07) is 8.94. The average molecular weight is 480 g/mol. The number of methoxy groups -OCH3 is 1. The number of halogens is 1. The number of sulfonamides is 1. The van der Waals surface area contributed by atoms with E-state index in [1.165, 1.54) is 19.2 Å². The lowest BCUT2D eigenvalue weighted by atomic mass is 10.2. The quantitative estimate of drug-likeness (QED) is 0.488. The van der Waals surface area contributed by atoms with Gasteiger partial charge in [-0.25, -0.2) is 12.8 Å². The first-order valence-electron chi connectivity index (χ1n) is 9.61. The van der Waals surface area contributed by atoms with E-state index in [4.69, 9.17) is 4.74 Å². The van der Waals surface area contributed by atoms with Crippen molar-refractivity contribution in [3.63, 3.8) is 0 Å². The number of carbonyl (C=O) groups is 1. The van der Waals surface area contributed by atoms with Crippen LogP contribution >= 0.6 is 11.3 Å². The topological polar surface area (TPSA) is 106 Å². The second-order valence-electron chi connectivity index (χ2n) is 6.92. The number of aromatic nitrogens is 1. The van der Waals surface area contributed by atoms with Crippen molar-refractivity contribution in [2.24, 2.45) is 0 Å². The second kappa shape index (κ2) is 9.96. The predicted octanol–water partition coefficient (Wildman–Crippen LogP) is 3.59. The molecule has 8 nitrogen and oxygen atoms in total. The zero-order chi connectivity index (χ0) is 23.3. The molecule has 0 bridgehead atoms. The summed E-state index contributed by atoms with van der Waals surface area (Å²) in [6.45, 7) is 2.27. The molecule has 0 spiro atoms. The average Bonchev–Trinajstić information content (AvgIpc) is 3.06. The van der Waals surface area contributed by atoms with Gasteiger partial charge < -0.3 is 14.6 Å². The van der Waals surface area contributed by atoms with Crippen molar-refractivity contribution in [1.82, 2.24) is 4.57 Å². The largest absolute Gasteiger partial charge is 0.495 e. The number of aryl methyl sites for hydroxylation is 1. The molecule has 3 rings (SSSR count). The van der Waals surface area contributed by atoms with Gasteiger partial charge in [0.25, 0.3) is 10.0 Å². The summed E-state index contributed by atoms with van der Waals surface area (Å²) in [4.78, 5) is 23.9. The Labute approximate surface area is 188 Å². The predicted molar refractivity (Wildman–Crippen MR) is 121 cm³/mol. The van der Waals surface area contributed by atoms with Gasteiger partial charge in [-0.2, -0.15) is 0 Å². The minimum Gasteiger partial charge on any atom is -0.495 e. The molecule has 2 N–H and O–H groups in total. The summed E-state index contributed by atoms with van der Waals surface area (Å²) in [5.74, 6) is -0.574. The molecule has 0 saturated carbocycles. The van der Waals surface area contributed by atoms with E-state index in [2.05, 4.69) is 10.0 Å². The number of anilines is 2. The fraction of sp³-hybridized carbons (Fsp3) is 0.238. The summed E-state index contributed by atoms with van der Waals surface area (Å²) < 4.78 is 47.6. The lowest BCUT2D eigenvalue weighted by Gasteiger charge is -2.14. The maximum atomic E-state index is 13.1. The van der Waals surface area contributed by atoms with Gasteiger partial charge in [-0.3, -0.25) is 14.3 Å². The van der Waals surface area contributed by atoms with Crippen LogP contribution in [0.4, 0.5) is 15.8 Å². The number of thiazole rings is 1. The molecular weight excluding hydrogens is 457 g/mol. The van der Waals surface area contributed by atoms with Crippen LogP contribution in [0.3, 0.4) is 0 Å². The number of rotatable bonds is 9. The monoisotopic (exact) mass is 479 g/mol. The van der Waals surface area contributed by atoms with Crippen LogP contribution in [-0.4, -0.2) is 26.0 Å². The summed E-state index contributed by atoms with van der Waals surface area (Å²) in [6.07, 6.45) is 0.661. The number of hydrogen-bond acceptors (Lipinski definition) is 6. The van der Waals surface area contributed by atoms with Gasteiger partial charge in [0.1, 0.15) is 11.6 Å². The van der Waals surface area contributed by atoms with Gasteiger partial charge in [-0.05, 0) is 55.8 Å². The van der Waals surface area contributed by atoms with Crippen LogP contribution in [0.5, 0.6) is 5.75 Å². The highest BCUT2D eigenvalue weighted by molar-refractivity contribution is 7.92. The summed E-state index contributed by atoms with van der Waals surface area (Å²) in [7, 11) is -2.61. The number of ether oxygens (including phenoxy) is 1. The zero-order valence-corrected chi connectivity index (χ0v) is 19.1. The maximum absolute atomic E-state index is 13.1. The van der Waals surface area contributed by atoms with E-state index in [1.54, 1.807) is 16.0 Å². The van der Waals surface area contributed by atoms with Crippen LogP contribution in [-0.2, 0) is 21.4 Å². The van der Waals surface area contributed by atoms with Crippen molar-refractivity contribution in [2.75, 3.05) is 17.1 Å². The Morgan fingerprint density at radius 2 is 1.91 bits per heavy atom. The smallest absolute Gasteiger partial charge is 0.307 e. The van der Waals surface area contributed by atoms with Crippen LogP contribution in [0, 0.1) is 12.7 Å². The Hall–Kier alpha value is -3.18. The van der Waals surface area contributed by atoms with E-state index < -0.39 is 15.8 Å². The molecule has 2 aromatic carbocycles. The molecule has 0 radical (unpaired) electrons. The summed E-state index contributed by atoms with van der Waals surface area (Å²) in [5, 5.41) is 4.48. The van der Waals surface area contributed by atoms with Gasteiger partial charge in [-0.1, -0.05) is 11.3 Å². The van der Waals surface area contributed by atoms with Crippen molar-refractivity contribution in [1.29, 1.82) is 0 Å². The highest BCUT2D eigenvalue weighted by atomic mass is 32.2. The standard InChI is InChI=1S/C21H22FN3O5S2/c1-14-13-31-21(27)25(14)11-3-4-20(26)23-16-7-10-19(30-2)18(12-16)24-32(28,29)17-8-5-15(22)6-9-17/h5-10,12-13,24H,3-4,11H2,1-2H3,(H,23,26). The minimum atomic E-state index is -4.00. The number of hydrogen-bond donors (Lipinski definition) is 2. The lowest BCUT2D eigenvalue weighted by molar-refractivity contribution is -0.116. The van der Waals surface area contributed by atoms with Crippen LogP contribution in [0.15, 0.2) is 57.5 Å². The van der Waals surface area contributed by atoms with Gasteiger partial charge in [0.15, 0.2) is 0 Å². The molecule has 0 saturated heterocycles. The maximum Gasteiger partial charge on any atom is 0.307 e. The van der Waals surface area contributed by atoms with E-state index in [-0.39, 0.29) is 33.5 Å². The summed E-state index contributed by atoms with van der Waals surface area (Å²) >= 11 is 1.12. The molecule has 1 amide bonds. The van der Waals surface area contributed by atoms with E-state index in [1.807, 2.05) is 6.92 Å². The molecule has 1 aromatic heterocycles. The third-order valence-electron chi connectivity index (χ3n) is 4.61. The number of nitrogens with one attached hydrogen (secondary N) is 2. The Balaban J connectivity index is 1.68. The SMILES string of the molecule is COc1ccc(NC(=O)CCCn2c(C)csc2=O)cc1NS(=O)(=O)c1ccc(F)cc1. The van der Waals surface area contributed by atoms with E-state index in [9.17, 15) is 22.4 Å². The first kappa shape index (κ1) is 23.5. The normalized spacial score (nSPS) is 11.2. The molecule has 0 unspecified atom stereocenters. The molecule has 0 fully saturated rings. The van der Waals surface area contributed by atoms with Crippen molar-refractivity contribution in [2.45, 2.75) is 31.2 Å². The third-order valence-corrected chi connectivity index (χ3v) is 6.88. The molecule has 11 heteroatoms. The van der Waals surface area contributed by atoms with Crippen LogP contribution < -0.4 is 19.6 Å². The third kappa shape index (κ3) is 5.74. The van der Waals surface area contributed by atoms with Crippen molar-refractivity contribution in [3.8, 4) is 5.75 Å². The molecule has 32 heavy (non-hydrogen) atoms. The van der Waals surface area contributed by atoms with E-state index >= 15 is 0 Å². The van der Waals surface area contributed by atoms with Crippen LogP contribution in [0.25, 0.3) is 0 Å². The number of amides is 1. The fourth-order valence-electron chi connectivity index (χ4n) is 2.98. The van der Waals surface area contributed by atoms with Gasteiger partial charge in [-0.15, -0.1) is 0 Å². The Morgan fingerprint density at radius 1 is 1.19 bits per heavy atom. The zero-order valence-electron chi connectivity index (χ0n) is 17.4. The Kier molecular flexibility index (Phi) is 7.31. The highest BCUT2D eigenvalue weighted by Gasteiger charge is 2.17. The number of carbonyl (C=O) groups excluding carboxylic acids is 1. The molecular formula is C21H22FN3O5S2. The van der Waals surface area contributed by atoms with Crippen LogP contribution in [0.1, 0.15) is 18.5 Å². The molecule has 0 atom stereocenters. The van der Waals surface area contributed by atoms with Gasteiger partial charge >= 0.3 is 4.87 Å². The molecule has 0 aliphatic heterocycles. The minimum absolute atomic E-state index is 0.0591. The molecule has 0 aliphatic carbocycles. The molecule has 3 aromatic rings. The van der Waals surface area contributed by atoms with Gasteiger partial charge in [0.05, 0.1) is 17.7 Å². The first-order valence-corrected chi connectivity index (χ1v) is 12.0. The second-order valence-corrected chi connectivity index (χ2v) is 9.42. The van der Waals surface area contributed by atoms with Crippen molar-refractivity contribution < 1.29 is 22.3 Å². The molecule has 0 aliphatic rings. The van der Waals surface area contributed by atoms with Crippen LogP contribution in [0.2, 0.25) is 0 Å². The number of nitrogens with zero attached hydrogens (tertiary/aromatic N) is 1. The summed E-state index contributed by atoms with van der Waals surface area (Å²) in [5.41, 5.74) is 1.35. The van der Waals surface area contributed by atoms with Gasteiger partial charge in [0, 0.05) is 29.7 Å². The van der Waals surface area contributed by atoms with Crippen molar-refractivity contribution >= 4 is 38.6 Å².